The number of alkyl carbamates (subject to hydrolysis) is 1. The number of amides is 1. The van der Waals surface area contributed by atoms with Gasteiger partial charge in [0, 0.05) is 6.54 Å². The minimum Gasteiger partial charge on any atom is -0.460 e. The molecule has 0 aliphatic rings. The third-order valence-electron chi connectivity index (χ3n) is 2.65. The standard InChI is InChI=1S/C16H24N2O4/c1-16(2,3)22-15(20)18-10-9-13(17)14(19)21-11-12-7-5-4-6-8-12/h4-8,13H,9-11,17H2,1-3H3,(H,18,20)/t13-/m1/s1. The highest BCUT2D eigenvalue weighted by molar-refractivity contribution is 5.75. The zero-order valence-corrected chi connectivity index (χ0v) is 13.3. The minimum atomic E-state index is -0.779. The molecule has 0 heterocycles. The number of hydrogen-bond acceptors (Lipinski definition) is 5. The smallest absolute Gasteiger partial charge is 0.407 e. The van der Waals surface area contributed by atoms with Crippen molar-refractivity contribution in [3.05, 3.63) is 35.9 Å². The van der Waals surface area contributed by atoms with Crippen molar-refractivity contribution in [1.82, 2.24) is 5.32 Å². The maximum Gasteiger partial charge on any atom is 0.407 e. The van der Waals surface area contributed by atoms with Crippen LogP contribution in [0, 0.1) is 0 Å². The molecule has 22 heavy (non-hydrogen) atoms. The maximum atomic E-state index is 11.7. The molecule has 0 saturated heterocycles. The van der Waals surface area contributed by atoms with E-state index in [0.717, 1.165) is 5.56 Å². The van der Waals surface area contributed by atoms with Crippen molar-refractivity contribution in [2.45, 2.75) is 45.4 Å². The number of rotatable bonds is 6. The van der Waals surface area contributed by atoms with Crippen LogP contribution in [-0.2, 0) is 20.9 Å². The Labute approximate surface area is 131 Å². The van der Waals surface area contributed by atoms with Crippen LogP contribution in [0.25, 0.3) is 0 Å². The fourth-order valence-corrected chi connectivity index (χ4v) is 1.60. The van der Waals surface area contributed by atoms with Crippen molar-refractivity contribution in [3.63, 3.8) is 0 Å². The second-order valence-corrected chi connectivity index (χ2v) is 5.92. The SMILES string of the molecule is CC(C)(C)OC(=O)NCC[C@@H](N)C(=O)OCc1ccccc1. The monoisotopic (exact) mass is 308 g/mol. The summed E-state index contributed by atoms with van der Waals surface area (Å²) in [5.41, 5.74) is 6.07. The molecular weight excluding hydrogens is 284 g/mol. The Morgan fingerprint density at radius 1 is 1.23 bits per heavy atom. The number of carbonyl (C=O) groups excluding carboxylic acids is 2. The van der Waals surface area contributed by atoms with Crippen molar-refractivity contribution >= 4 is 12.1 Å². The summed E-state index contributed by atoms with van der Waals surface area (Å²) in [5.74, 6) is -0.491. The first-order chi connectivity index (χ1) is 10.3. The molecule has 0 aromatic heterocycles. The number of carbonyl (C=O) groups is 2. The second-order valence-electron chi connectivity index (χ2n) is 5.92. The summed E-state index contributed by atoms with van der Waals surface area (Å²) >= 11 is 0. The molecule has 3 N–H and O–H groups in total. The van der Waals surface area contributed by atoms with Crippen LogP contribution in [0.4, 0.5) is 4.79 Å². The van der Waals surface area contributed by atoms with Crippen LogP contribution in [0.2, 0.25) is 0 Å². The van der Waals surface area contributed by atoms with E-state index in [1.165, 1.54) is 0 Å². The molecular formula is C16H24N2O4. The van der Waals surface area contributed by atoms with Gasteiger partial charge < -0.3 is 20.5 Å². The highest BCUT2D eigenvalue weighted by Gasteiger charge is 2.18. The van der Waals surface area contributed by atoms with Gasteiger partial charge in [-0.15, -0.1) is 0 Å². The third-order valence-corrected chi connectivity index (χ3v) is 2.65. The summed E-state index contributed by atoms with van der Waals surface area (Å²) in [6.45, 7) is 5.77. The Bertz CT molecular complexity index is 483. The fourth-order valence-electron chi connectivity index (χ4n) is 1.60. The average Bonchev–Trinajstić information content (AvgIpc) is 2.43. The lowest BCUT2D eigenvalue weighted by molar-refractivity contribution is -0.146. The molecule has 6 nitrogen and oxygen atoms in total. The topological polar surface area (TPSA) is 90.6 Å². The number of benzene rings is 1. The molecule has 1 aromatic rings. The van der Waals surface area contributed by atoms with Gasteiger partial charge in [-0.2, -0.15) is 0 Å². The van der Waals surface area contributed by atoms with Crippen LogP contribution in [0.15, 0.2) is 30.3 Å². The van der Waals surface area contributed by atoms with E-state index in [0.29, 0.717) is 0 Å². The Morgan fingerprint density at radius 3 is 2.45 bits per heavy atom. The highest BCUT2D eigenvalue weighted by Crippen LogP contribution is 2.06. The van der Waals surface area contributed by atoms with E-state index in [1.54, 1.807) is 20.8 Å². The predicted octanol–water partition coefficient (Wildman–Crippen LogP) is 1.97. The van der Waals surface area contributed by atoms with Crippen LogP contribution in [0.3, 0.4) is 0 Å². The maximum absolute atomic E-state index is 11.7. The molecule has 0 aliphatic heterocycles. The van der Waals surface area contributed by atoms with Crippen molar-refractivity contribution in [2.24, 2.45) is 5.73 Å². The van der Waals surface area contributed by atoms with Crippen LogP contribution < -0.4 is 11.1 Å². The van der Waals surface area contributed by atoms with Crippen molar-refractivity contribution in [3.8, 4) is 0 Å². The van der Waals surface area contributed by atoms with Gasteiger partial charge in [0.15, 0.2) is 0 Å². The summed E-state index contributed by atoms with van der Waals surface area (Å²) < 4.78 is 10.2. The van der Waals surface area contributed by atoms with Crippen molar-refractivity contribution < 1.29 is 19.1 Å². The number of hydrogen-bond donors (Lipinski definition) is 2. The van der Waals surface area contributed by atoms with E-state index in [2.05, 4.69) is 5.32 Å². The van der Waals surface area contributed by atoms with Crippen molar-refractivity contribution in [1.29, 1.82) is 0 Å². The van der Waals surface area contributed by atoms with Gasteiger partial charge in [-0.05, 0) is 32.8 Å². The lowest BCUT2D eigenvalue weighted by Gasteiger charge is -2.20. The molecule has 0 spiro atoms. The van der Waals surface area contributed by atoms with Gasteiger partial charge in [0.05, 0.1) is 0 Å². The predicted molar refractivity (Wildman–Crippen MR) is 83.1 cm³/mol. The van der Waals surface area contributed by atoms with Gasteiger partial charge in [0.1, 0.15) is 18.2 Å². The van der Waals surface area contributed by atoms with E-state index in [9.17, 15) is 9.59 Å². The first-order valence-corrected chi connectivity index (χ1v) is 7.21. The van der Waals surface area contributed by atoms with Crippen LogP contribution in [0.1, 0.15) is 32.8 Å². The average molecular weight is 308 g/mol. The molecule has 1 aromatic carbocycles. The van der Waals surface area contributed by atoms with Crippen LogP contribution in [-0.4, -0.2) is 30.3 Å². The van der Waals surface area contributed by atoms with E-state index >= 15 is 0 Å². The molecule has 1 amide bonds. The first kappa shape index (κ1) is 18.0. The fraction of sp³-hybridized carbons (Fsp3) is 0.500. The molecule has 0 bridgehead atoms. The number of nitrogens with two attached hydrogens (primary N) is 1. The van der Waals surface area contributed by atoms with E-state index in [-0.39, 0.29) is 19.6 Å². The van der Waals surface area contributed by atoms with Crippen LogP contribution >= 0.6 is 0 Å². The van der Waals surface area contributed by atoms with Crippen LogP contribution in [0.5, 0.6) is 0 Å². The summed E-state index contributed by atoms with van der Waals surface area (Å²) in [4.78, 5) is 23.2. The summed E-state index contributed by atoms with van der Waals surface area (Å²) in [6, 6.07) is 8.57. The van der Waals surface area contributed by atoms with Gasteiger partial charge in [0.2, 0.25) is 0 Å². The zero-order valence-electron chi connectivity index (χ0n) is 13.3. The summed E-state index contributed by atoms with van der Waals surface area (Å²) in [5, 5.41) is 2.55. The number of esters is 1. The Balaban J connectivity index is 2.23. The Hall–Kier alpha value is -2.08. The molecule has 122 valence electrons. The molecule has 1 atom stereocenters. The summed E-state index contributed by atoms with van der Waals surface area (Å²) in [6.07, 6.45) is -0.246. The third kappa shape index (κ3) is 7.64. The number of ether oxygens (including phenoxy) is 2. The second kappa shape index (κ2) is 8.38. The molecule has 0 aliphatic carbocycles. The largest absolute Gasteiger partial charge is 0.460 e. The molecule has 1 rings (SSSR count). The molecule has 0 unspecified atom stereocenters. The quantitative estimate of drug-likeness (QED) is 0.784. The Kier molecular flexibility index (Phi) is 6.85. The minimum absolute atomic E-state index is 0.187. The van der Waals surface area contributed by atoms with E-state index in [4.69, 9.17) is 15.2 Å². The lowest BCUT2D eigenvalue weighted by Crippen LogP contribution is -2.38. The number of nitrogens with one attached hydrogen (secondary N) is 1. The highest BCUT2D eigenvalue weighted by atomic mass is 16.6. The van der Waals surface area contributed by atoms with E-state index in [1.807, 2.05) is 30.3 Å². The first-order valence-electron chi connectivity index (χ1n) is 7.21. The van der Waals surface area contributed by atoms with Gasteiger partial charge in [-0.25, -0.2) is 4.79 Å². The van der Waals surface area contributed by atoms with Gasteiger partial charge >= 0.3 is 12.1 Å². The normalized spacial score (nSPS) is 12.4. The molecule has 6 heteroatoms. The van der Waals surface area contributed by atoms with Gasteiger partial charge in [-0.1, -0.05) is 30.3 Å². The molecule has 0 radical (unpaired) electrons. The lowest BCUT2D eigenvalue weighted by atomic mass is 10.2. The zero-order chi connectivity index (χ0) is 16.6. The molecule has 0 saturated carbocycles. The van der Waals surface area contributed by atoms with E-state index < -0.39 is 23.7 Å². The van der Waals surface area contributed by atoms with Crippen molar-refractivity contribution in [2.75, 3.05) is 6.54 Å². The van der Waals surface area contributed by atoms with Gasteiger partial charge in [0.25, 0.3) is 0 Å². The summed E-state index contributed by atoms with van der Waals surface area (Å²) in [7, 11) is 0. The van der Waals surface area contributed by atoms with Gasteiger partial charge in [-0.3, -0.25) is 4.79 Å². The Morgan fingerprint density at radius 2 is 1.86 bits per heavy atom. The molecule has 0 fully saturated rings.